The second kappa shape index (κ2) is 4.32. The van der Waals surface area contributed by atoms with Crippen LogP contribution in [0.15, 0.2) is 0 Å². The molecule has 0 spiro atoms. The highest BCUT2D eigenvalue weighted by Crippen LogP contribution is 2.27. The largest absolute Gasteiger partial charge is 0.381 e. The summed E-state index contributed by atoms with van der Waals surface area (Å²) in [7, 11) is 1.93. The summed E-state index contributed by atoms with van der Waals surface area (Å²) in [6, 6.07) is 0.245. The van der Waals surface area contributed by atoms with Crippen LogP contribution in [0, 0.1) is 0 Å². The van der Waals surface area contributed by atoms with Crippen molar-refractivity contribution in [2.45, 2.75) is 25.3 Å². The highest BCUT2D eigenvalue weighted by atomic mass is 32.1. The van der Waals surface area contributed by atoms with Crippen LogP contribution < -0.4 is 5.32 Å². The monoisotopic (exact) mass is 253 g/mol. The maximum Gasteiger partial charge on any atom is 0.234 e. The average Bonchev–Trinajstić information content (AvgIpc) is 3.02. The number of hydrogen-bond acceptors (Lipinski definition) is 6. The summed E-state index contributed by atoms with van der Waals surface area (Å²) < 4.78 is 7.26. The quantitative estimate of drug-likeness (QED) is 0.883. The first-order valence-electron chi connectivity index (χ1n) is 5.76. The van der Waals surface area contributed by atoms with E-state index < -0.39 is 0 Å². The zero-order valence-corrected chi connectivity index (χ0v) is 10.7. The van der Waals surface area contributed by atoms with Crippen LogP contribution in [-0.2, 0) is 4.74 Å². The van der Waals surface area contributed by atoms with Gasteiger partial charge in [0.25, 0.3) is 0 Å². The molecule has 0 aliphatic carbocycles. The fraction of sp³-hybridized carbons (Fsp3) is 0.700. The normalized spacial score (nSPS) is 22.4. The van der Waals surface area contributed by atoms with Crippen molar-refractivity contribution in [1.82, 2.24) is 25.1 Å². The highest BCUT2D eigenvalue weighted by molar-refractivity contribution is 7.16. The average molecular weight is 253 g/mol. The molecule has 0 aromatic carbocycles. The van der Waals surface area contributed by atoms with Gasteiger partial charge in [-0.05, 0) is 20.4 Å². The Bertz CT molecular complexity index is 516. The van der Waals surface area contributed by atoms with Crippen molar-refractivity contribution < 1.29 is 4.74 Å². The lowest BCUT2D eigenvalue weighted by molar-refractivity contribution is 0.193. The molecular formula is C10H15N5OS. The molecule has 1 aliphatic rings. The molecule has 92 valence electrons. The standard InChI is InChI=1S/C10H15N5OS/c1-6(11-2)9-14-15-8(7-3-4-16-5-7)12-13-10(15)17-9/h6-7,11H,3-5H2,1-2H3. The minimum absolute atomic E-state index is 0.245. The van der Waals surface area contributed by atoms with Gasteiger partial charge in [0.05, 0.1) is 12.6 Å². The highest BCUT2D eigenvalue weighted by Gasteiger charge is 2.25. The molecule has 2 aromatic heterocycles. The van der Waals surface area contributed by atoms with Crippen molar-refractivity contribution in [3.8, 4) is 0 Å². The molecule has 2 aromatic rings. The Morgan fingerprint density at radius 1 is 1.53 bits per heavy atom. The number of nitrogens with one attached hydrogen (secondary N) is 1. The fourth-order valence-electron chi connectivity index (χ4n) is 1.94. The molecule has 17 heavy (non-hydrogen) atoms. The van der Waals surface area contributed by atoms with Crippen molar-refractivity contribution in [2.75, 3.05) is 20.3 Å². The van der Waals surface area contributed by atoms with E-state index >= 15 is 0 Å². The lowest BCUT2D eigenvalue weighted by atomic mass is 10.1. The van der Waals surface area contributed by atoms with Gasteiger partial charge in [0.2, 0.25) is 4.96 Å². The molecule has 1 N–H and O–H groups in total. The Morgan fingerprint density at radius 3 is 3.12 bits per heavy atom. The smallest absolute Gasteiger partial charge is 0.234 e. The Labute approximate surface area is 103 Å². The predicted molar refractivity (Wildman–Crippen MR) is 64.3 cm³/mol. The van der Waals surface area contributed by atoms with E-state index in [0.29, 0.717) is 5.92 Å². The number of hydrogen-bond donors (Lipinski definition) is 1. The van der Waals surface area contributed by atoms with Gasteiger partial charge in [-0.1, -0.05) is 11.3 Å². The number of ether oxygens (including phenoxy) is 1. The summed E-state index contributed by atoms with van der Waals surface area (Å²) in [4.78, 5) is 0.865. The van der Waals surface area contributed by atoms with E-state index in [1.165, 1.54) is 0 Å². The van der Waals surface area contributed by atoms with Crippen LogP contribution in [-0.4, -0.2) is 40.1 Å². The minimum atomic E-state index is 0.245. The molecule has 0 radical (unpaired) electrons. The van der Waals surface area contributed by atoms with Gasteiger partial charge in [0, 0.05) is 12.5 Å². The van der Waals surface area contributed by atoms with Crippen LogP contribution >= 0.6 is 11.3 Å². The Kier molecular flexibility index (Phi) is 2.81. The number of rotatable bonds is 3. The summed E-state index contributed by atoms with van der Waals surface area (Å²) >= 11 is 1.58. The molecule has 0 amide bonds. The van der Waals surface area contributed by atoms with Crippen molar-refractivity contribution in [3.63, 3.8) is 0 Å². The third kappa shape index (κ3) is 1.84. The van der Waals surface area contributed by atoms with Crippen LogP contribution in [0.5, 0.6) is 0 Å². The Balaban J connectivity index is 1.99. The molecule has 3 heterocycles. The third-order valence-corrected chi connectivity index (χ3v) is 4.21. The molecular weight excluding hydrogens is 238 g/mol. The van der Waals surface area contributed by atoms with E-state index in [4.69, 9.17) is 4.74 Å². The molecule has 7 heteroatoms. The first-order chi connectivity index (χ1) is 8.29. The van der Waals surface area contributed by atoms with Gasteiger partial charge in [0.1, 0.15) is 5.01 Å². The van der Waals surface area contributed by atoms with Gasteiger partial charge in [-0.2, -0.15) is 9.61 Å². The lowest BCUT2D eigenvalue weighted by Crippen LogP contribution is -2.13. The van der Waals surface area contributed by atoms with E-state index in [-0.39, 0.29) is 6.04 Å². The molecule has 0 bridgehead atoms. The molecule has 1 fully saturated rings. The number of aromatic nitrogens is 4. The molecule has 0 saturated carbocycles. The van der Waals surface area contributed by atoms with E-state index in [1.807, 2.05) is 11.6 Å². The van der Waals surface area contributed by atoms with E-state index in [2.05, 4.69) is 27.5 Å². The zero-order valence-electron chi connectivity index (χ0n) is 9.88. The van der Waals surface area contributed by atoms with Crippen LogP contribution in [0.25, 0.3) is 4.96 Å². The topological polar surface area (TPSA) is 64.3 Å². The second-order valence-corrected chi connectivity index (χ2v) is 5.25. The predicted octanol–water partition coefficient (Wildman–Crippen LogP) is 0.970. The lowest BCUT2D eigenvalue weighted by Gasteiger charge is -2.04. The SMILES string of the molecule is CNC(C)c1nn2c(C3CCOC3)nnc2s1. The molecule has 2 atom stereocenters. The van der Waals surface area contributed by atoms with E-state index in [1.54, 1.807) is 11.3 Å². The fourth-order valence-corrected chi connectivity index (χ4v) is 2.84. The van der Waals surface area contributed by atoms with Gasteiger partial charge in [0.15, 0.2) is 5.82 Å². The van der Waals surface area contributed by atoms with Crippen molar-refractivity contribution in [1.29, 1.82) is 0 Å². The summed E-state index contributed by atoms with van der Waals surface area (Å²) in [6.07, 6.45) is 1.01. The summed E-state index contributed by atoms with van der Waals surface area (Å²) in [6.45, 7) is 3.63. The first kappa shape index (κ1) is 11.1. The molecule has 1 aliphatic heterocycles. The van der Waals surface area contributed by atoms with Crippen molar-refractivity contribution in [2.24, 2.45) is 0 Å². The van der Waals surface area contributed by atoms with Crippen molar-refractivity contribution >= 4 is 16.3 Å². The van der Waals surface area contributed by atoms with Crippen LogP contribution in [0.4, 0.5) is 0 Å². The molecule has 1 saturated heterocycles. The zero-order chi connectivity index (χ0) is 11.8. The number of nitrogens with zero attached hydrogens (tertiary/aromatic N) is 4. The summed E-state index contributed by atoms with van der Waals surface area (Å²) in [5.74, 6) is 1.27. The first-order valence-corrected chi connectivity index (χ1v) is 6.58. The molecule has 3 rings (SSSR count). The van der Waals surface area contributed by atoms with Gasteiger partial charge < -0.3 is 10.1 Å². The van der Waals surface area contributed by atoms with Gasteiger partial charge in [-0.15, -0.1) is 10.2 Å². The molecule has 6 nitrogen and oxygen atoms in total. The maximum atomic E-state index is 5.39. The summed E-state index contributed by atoms with van der Waals surface area (Å²) in [5, 5.41) is 17.2. The Hall–Kier alpha value is -1.05. The number of fused-ring (bicyclic) bond motifs is 1. The molecule has 2 unspecified atom stereocenters. The van der Waals surface area contributed by atoms with Crippen LogP contribution in [0.1, 0.15) is 36.1 Å². The Morgan fingerprint density at radius 2 is 2.41 bits per heavy atom. The van der Waals surface area contributed by atoms with E-state index in [0.717, 1.165) is 35.4 Å². The van der Waals surface area contributed by atoms with Crippen LogP contribution in [0.2, 0.25) is 0 Å². The minimum Gasteiger partial charge on any atom is -0.381 e. The van der Waals surface area contributed by atoms with Crippen LogP contribution in [0.3, 0.4) is 0 Å². The summed E-state index contributed by atoms with van der Waals surface area (Å²) in [5.41, 5.74) is 0. The van der Waals surface area contributed by atoms with Gasteiger partial charge in [-0.3, -0.25) is 0 Å². The maximum absolute atomic E-state index is 5.39. The van der Waals surface area contributed by atoms with E-state index in [9.17, 15) is 0 Å². The van der Waals surface area contributed by atoms with Gasteiger partial charge in [-0.25, -0.2) is 0 Å². The van der Waals surface area contributed by atoms with Gasteiger partial charge >= 0.3 is 0 Å². The van der Waals surface area contributed by atoms with Crippen molar-refractivity contribution in [3.05, 3.63) is 10.8 Å². The second-order valence-electron chi connectivity index (χ2n) is 4.26. The third-order valence-electron chi connectivity index (χ3n) is 3.13.